The molecule has 0 saturated carbocycles. The first-order valence-electron chi connectivity index (χ1n) is 7.24. The van der Waals surface area contributed by atoms with Gasteiger partial charge in [0.15, 0.2) is 6.61 Å². The summed E-state index contributed by atoms with van der Waals surface area (Å²) in [6, 6.07) is 23.6. The first-order valence-corrected chi connectivity index (χ1v) is 7.24. The number of ether oxygens (including phenoxy) is 1. The molecule has 1 amide bonds. The molecule has 0 heterocycles. The van der Waals surface area contributed by atoms with Gasteiger partial charge in [-0.3, -0.25) is 4.79 Å². The van der Waals surface area contributed by atoms with Crippen molar-refractivity contribution in [2.75, 3.05) is 6.61 Å². The summed E-state index contributed by atoms with van der Waals surface area (Å²) >= 11 is 0. The molecule has 22 heavy (non-hydrogen) atoms. The molecule has 3 nitrogen and oxygen atoms in total. The highest BCUT2D eigenvalue weighted by molar-refractivity contribution is 5.88. The van der Waals surface area contributed by atoms with Gasteiger partial charge in [-0.15, -0.1) is 0 Å². The maximum atomic E-state index is 11.9. The van der Waals surface area contributed by atoms with Crippen LogP contribution in [0.4, 0.5) is 0 Å². The minimum absolute atomic E-state index is 0.0147. The number of rotatable bonds is 5. The summed E-state index contributed by atoms with van der Waals surface area (Å²) in [5, 5.41) is 4.97. The summed E-state index contributed by atoms with van der Waals surface area (Å²) in [4.78, 5) is 11.9. The monoisotopic (exact) mass is 291 g/mol. The lowest BCUT2D eigenvalue weighted by Gasteiger charge is -2.10. The Morgan fingerprint density at radius 2 is 1.59 bits per heavy atom. The topological polar surface area (TPSA) is 38.3 Å². The molecule has 0 aliphatic rings. The van der Waals surface area contributed by atoms with Crippen molar-refractivity contribution in [3.63, 3.8) is 0 Å². The lowest BCUT2D eigenvalue weighted by Crippen LogP contribution is -2.28. The van der Waals surface area contributed by atoms with Crippen molar-refractivity contribution in [2.45, 2.75) is 6.54 Å². The van der Waals surface area contributed by atoms with Crippen LogP contribution in [-0.2, 0) is 11.3 Å². The van der Waals surface area contributed by atoms with Crippen LogP contribution >= 0.6 is 0 Å². The minimum Gasteiger partial charge on any atom is -0.483 e. The first kappa shape index (κ1) is 14.1. The Bertz CT molecular complexity index is 763. The maximum absolute atomic E-state index is 11.9. The molecule has 0 aliphatic heterocycles. The molecule has 0 aliphatic carbocycles. The van der Waals surface area contributed by atoms with E-state index >= 15 is 0 Å². The lowest BCUT2D eigenvalue weighted by atomic mass is 10.1. The normalized spacial score (nSPS) is 10.4. The van der Waals surface area contributed by atoms with Crippen molar-refractivity contribution < 1.29 is 9.53 Å². The quantitative estimate of drug-likeness (QED) is 0.781. The molecule has 0 bridgehead atoms. The van der Waals surface area contributed by atoms with Crippen LogP contribution in [0.2, 0.25) is 0 Å². The Morgan fingerprint density at radius 1 is 0.864 bits per heavy atom. The van der Waals surface area contributed by atoms with E-state index < -0.39 is 0 Å². The maximum Gasteiger partial charge on any atom is 0.258 e. The molecule has 0 spiro atoms. The van der Waals surface area contributed by atoms with Gasteiger partial charge < -0.3 is 10.1 Å². The Hall–Kier alpha value is -2.81. The summed E-state index contributed by atoms with van der Waals surface area (Å²) in [6.45, 7) is 0.527. The van der Waals surface area contributed by atoms with Crippen LogP contribution in [-0.4, -0.2) is 12.5 Å². The molecular formula is C19H17NO2. The van der Waals surface area contributed by atoms with Gasteiger partial charge in [0.2, 0.25) is 0 Å². The van der Waals surface area contributed by atoms with Crippen molar-refractivity contribution in [3.05, 3.63) is 78.4 Å². The zero-order valence-electron chi connectivity index (χ0n) is 12.2. The number of carbonyl (C=O) groups is 1. The number of hydrogen-bond acceptors (Lipinski definition) is 2. The van der Waals surface area contributed by atoms with E-state index in [4.69, 9.17) is 4.74 Å². The summed E-state index contributed by atoms with van der Waals surface area (Å²) in [6.07, 6.45) is 0. The summed E-state index contributed by atoms with van der Waals surface area (Å²) in [7, 11) is 0. The van der Waals surface area contributed by atoms with Gasteiger partial charge in [0.25, 0.3) is 5.91 Å². The third-order valence-electron chi connectivity index (χ3n) is 3.44. The van der Waals surface area contributed by atoms with Crippen LogP contribution in [0, 0.1) is 0 Å². The Morgan fingerprint density at radius 3 is 2.45 bits per heavy atom. The molecule has 0 radical (unpaired) electrons. The number of carbonyl (C=O) groups excluding carboxylic acids is 1. The lowest BCUT2D eigenvalue weighted by molar-refractivity contribution is -0.123. The van der Waals surface area contributed by atoms with E-state index in [0.717, 1.165) is 22.1 Å². The molecule has 3 aromatic carbocycles. The van der Waals surface area contributed by atoms with Crippen LogP contribution < -0.4 is 10.1 Å². The van der Waals surface area contributed by atoms with Gasteiger partial charge >= 0.3 is 0 Å². The molecule has 0 aromatic heterocycles. The molecule has 3 aromatic rings. The van der Waals surface area contributed by atoms with Gasteiger partial charge in [-0.1, -0.05) is 66.7 Å². The molecule has 0 unspecified atom stereocenters. The van der Waals surface area contributed by atoms with E-state index in [1.54, 1.807) is 0 Å². The number of amides is 1. The average Bonchev–Trinajstić information content (AvgIpc) is 2.59. The van der Waals surface area contributed by atoms with Crippen LogP contribution in [0.5, 0.6) is 5.75 Å². The van der Waals surface area contributed by atoms with Gasteiger partial charge in [-0.05, 0) is 17.0 Å². The highest BCUT2D eigenvalue weighted by Gasteiger charge is 2.05. The van der Waals surface area contributed by atoms with E-state index in [9.17, 15) is 4.79 Å². The van der Waals surface area contributed by atoms with Crippen molar-refractivity contribution in [2.24, 2.45) is 0 Å². The van der Waals surface area contributed by atoms with Crippen LogP contribution in [0.1, 0.15) is 5.56 Å². The predicted molar refractivity (Wildman–Crippen MR) is 87.7 cm³/mol. The van der Waals surface area contributed by atoms with Crippen LogP contribution in [0.3, 0.4) is 0 Å². The van der Waals surface area contributed by atoms with Gasteiger partial charge in [-0.2, -0.15) is 0 Å². The van der Waals surface area contributed by atoms with E-state index in [1.807, 2.05) is 72.8 Å². The summed E-state index contributed by atoms with van der Waals surface area (Å²) in [5.41, 5.74) is 1.07. The second-order valence-corrected chi connectivity index (χ2v) is 5.03. The van der Waals surface area contributed by atoms with Crippen molar-refractivity contribution in [3.8, 4) is 5.75 Å². The fourth-order valence-corrected chi connectivity index (χ4v) is 2.31. The molecule has 1 N–H and O–H groups in total. The number of nitrogens with one attached hydrogen (secondary N) is 1. The second kappa shape index (κ2) is 6.76. The second-order valence-electron chi connectivity index (χ2n) is 5.03. The van der Waals surface area contributed by atoms with Crippen molar-refractivity contribution >= 4 is 16.7 Å². The van der Waals surface area contributed by atoms with E-state index in [0.29, 0.717) is 6.54 Å². The number of hydrogen-bond donors (Lipinski definition) is 1. The number of fused-ring (bicyclic) bond motifs is 1. The molecule has 3 rings (SSSR count). The predicted octanol–water partition coefficient (Wildman–Crippen LogP) is 3.54. The summed E-state index contributed by atoms with van der Waals surface area (Å²) in [5.74, 6) is 0.602. The molecule has 0 fully saturated rings. The molecule has 110 valence electrons. The standard InChI is InChI=1S/C19H17NO2/c21-19(20-13-15-7-2-1-3-8-15)14-22-18-12-6-10-16-9-4-5-11-17(16)18/h1-12H,13-14H2,(H,20,21). The molecule has 0 atom stereocenters. The van der Waals surface area contributed by atoms with Gasteiger partial charge in [-0.25, -0.2) is 0 Å². The average molecular weight is 291 g/mol. The zero-order valence-corrected chi connectivity index (χ0v) is 12.2. The van der Waals surface area contributed by atoms with Crippen molar-refractivity contribution in [1.82, 2.24) is 5.32 Å². The summed E-state index contributed by atoms with van der Waals surface area (Å²) < 4.78 is 5.66. The Balaban J connectivity index is 1.58. The minimum atomic E-state index is -0.128. The third kappa shape index (κ3) is 3.44. The van der Waals surface area contributed by atoms with Gasteiger partial charge in [0, 0.05) is 11.9 Å². The van der Waals surface area contributed by atoms with Gasteiger partial charge in [0.1, 0.15) is 5.75 Å². The molecule has 3 heteroatoms. The SMILES string of the molecule is O=C(COc1cccc2ccccc12)NCc1ccccc1. The largest absolute Gasteiger partial charge is 0.483 e. The van der Waals surface area contributed by atoms with Gasteiger partial charge in [0.05, 0.1) is 0 Å². The zero-order chi connectivity index (χ0) is 15.2. The highest BCUT2D eigenvalue weighted by Crippen LogP contribution is 2.24. The van der Waals surface area contributed by atoms with Crippen molar-refractivity contribution in [1.29, 1.82) is 0 Å². The Labute approximate surface area is 129 Å². The number of benzene rings is 3. The van der Waals surface area contributed by atoms with Crippen LogP contribution in [0.25, 0.3) is 10.8 Å². The highest BCUT2D eigenvalue weighted by atomic mass is 16.5. The van der Waals surface area contributed by atoms with E-state index in [1.165, 1.54) is 0 Å². The Kier molecular flexibility index (Phi) is 4.35. The van der Waals surface area contributed by atoms with E-state index in [-0.39, 0.29) is 12.5 Å². The smallest absolute Gasteiger partial charge is 0.258 e. The molecule has 0 saturated heterocycles. The van der Waals surface area contributed by atoms with Crippen LogP contribution in [0.15, 0.2) is 72.8 Å². The third-order valence-corrected chi connectivity index (χ3v) is 3.44. The van der Waals surface area contributed by atoms with E-state index in [2.05, 4.69) is 5.32 Å². The fraction of sp³-hybridized carbons (Fsp3) is 0.105. The molecular weight excluding hydrogens is 274 g/mol. The fourth-order valence-electron chi connectivity index (χ4n) is 2.31. The first-order chi connectivity index (χ1) is 10.8.